The van der Waals surface area contributed by atoms with Crippen molar-refractivity contribution in [3.63, 3.8) is 0 Å². The van der Waals surface area contributed by atoms with E-state index in [0.717, 1.165) is 15.8 Å². The lowest BCUT2D eigenvalue weighted by molar-refractivity contribution is 0.780. The van der Waals surface area contributed by atoms with Crippen LogP contribution in [-0.4, -0.2) is 4.62 Å². The zero-order valence-electron chi connectivity index (χ0n) is 11.3. The van der Waals surface area contributed by atoms with Gasteiger partial charge in [0.25, 0.3) is 0 Å². The highest BCUT2D eigenvalue weighted by Crippen LogP contribution is 2.13. The Kier molecular flexibility index (Phi) is 7.08. The molecule has 0 aromatic heterocycles. The van der Waals surface area contributed by atoms with Gasteiger partial charge < -0.3 is 5.73 Å². The number of hydrogen-bond acceptors (Lipinski definition) is 2. The fourth-order valence-electron chi connectivity index (χ4n) is 1.51. The predicted molar refractivity (Wildman–Crippen MR) is 87.4 cm³/mol. The Labute approximate surface area is 123 Å². The third-order valence-electron chi connectivity index (χ3n) is 2.51. The van der Waals surface area contributed by atoms with Crippen LogP contribution in [0, 0.1) is 0 Å². The van der Waals surface area contributed by atoms with Gasteiger partial charge in [0.05, 0.1) is 0 Å². The van der Waals surface area contributed by atoms with Crippen LogP contribution in [0.4, 0.5) is 0 Å². The molecule has 0 fully saturated rings. The molecule has 100 valence electrons. The molecule has 0 bridgehead atoms. The van der Waals surface area contributed by atoms with E-state index < -0.39 is 0 Å². The molecule has 0 heterocycles. The Morgan fingerprint density at radius 1 is 1.16 bits per heavy atom. The molecule has 0 spiro atoms. The van der Waals surface area contributed by atoms with Crippen LogP contribution in [0.1, 0.15) is 25.6 Å². The van der Waals surface area contributed by atoms with Crippen molar-refractivity contribution in [1.82, 2.24) is 0 Å². The van der Waals surface area contributed by atoms with Gasteiger partial charge in [0, 0.05) is 0 Å². The van der Waals surface area contributed by atoms with Crippen molar-refractivity contribution >= 4 is 20.6 Å². The Balaban J connectivity index is 2.75. The van der Waals surface area contributed by atoms with Crippen molar-refractivity contribution in [3.05, 3.63) is 71.8 Å². The average molecular weight is 319 g/mol. The molecule has 19 heavy (non-hydrogen) atoms. The maximum absolute atomic E-state index is 6.01. The van der Waals surface area contributed by atoms with Gasteiger partial charge in [0.1, 0.15) is 10.8 Å². The number of hydrogen-bond donors (Lipinski definition) is 1. The van der Waals surface area contributed by atoms with Gasteiger partial charge in [-0.2, -0.15) is 0 Å². The van der Waals surface area contributed by atoms with E-state index in [4.69, 9.17) is 5.73 Å². The van der Waals surface area contributed by atoms with Gasteiger partial charge in [-0.25, -0.2) is 0 Å². The van der Waals surface area contributed by atoms with Crippen LogP contribution in [0.2, 0.25) is 0 Å². The summed E-state index contributed by atoms with van der Waals surface area (Å²) >= 11 is 3.42. The average Bonchev–Trinajstić information content (AvgIpc) is 2.44. The van der Waals surface area contributed by atoms with Gasteiger partial charge in [-0.05, 0) is 47.0 Å². The molecule has 1 unspecified atom stereocenters. The normalized spacial score (nSPS) is 15.4. The number of nitrogens with two attached hydrogens (primary N) is 1. The zero-order chi connectivity index (χ0) is 14.1. The van der Waals surface area contributed by atoms with Gasteiger partial charge in [0.2, 0.25) is 0 Å². The summed E-state index contributed by atoms with van der Waals surface area (Å²) in [6.07, 6.45) is 9.61. The molecule has 1 rings (SSSR count). The van der Waals surface area contributed by atoms with E-state index >= 15 is 0 Å². The number of benzene rings is 1. The molecule has 1 aromatic carbocycles. The first-order valence-electron chi connectivity index (χ1n) is 6.18. The maximum atomic E-state index is 6.01. The lowest BCUT2D eigenvalue weighted by atomic mass is 10.2. The standard InChI is InChI=1S/C16H19BrN2/c1-3-8-13(4-2)11-12-15(17)19-16(18)14-9-6-5-7-10-14/h3-12,16H,18H2,1-2H3/b8-3-,12-11+,13-4+,19-15+. The first-order valence-corrected chi connectivity index (χ1v) is 6.97. The highest BCUT2D eigenvalue weighted by molar-refractivity contribution is 9.18. The summed E-state index contributed by atoms with van der Waals surface area (Å²) in [6.45, 7) is 3.99. The summed E-state index contributed by atoms with van der Waals surface area (Å²) < 4.78 is 0.729. The van der Waals surface area contributed by atoms with Gasteiger partial charge >= 0.3 is 0 Å². The Morgan fingerprint density at radius 3 is 2.42 bits per heavy atom. The Hall–Kier alpha value is -1.45. The molecule has 3 heteroatoms. The lowest BCUT2D eigenvalue weighted by Gasteiger charge is -2.06. The van der Waals surface area contributed by atoms with Gasteiger partial charge in [-0.15, -0.1) is 0 Å². The van der Waals surface area contributed by atoms with Crippen LogP contribution in [0.5, 0.6) is 0 Å². The molecule has 1 aromatic rings. The van der Waals surface area contributed by atoms with Gasteiger partial charge in [0.15, 0.2) is 0 Å². The molecule has 2 nitrogen and oxygen atoms in total. The third-order valence-corrected chi connectivity index (χ3v) is 2.98. The van der Waals surface area contributed by atoms with Crippen molar-refractivity contribution in [1.29, 1.82) is 0 Å². The van der Waals surface area contributed by atoms with E-state index in [1.807, 2.05) is 74.6 Å². The van der Waals surface area contributed by atoms with E-state index in [0.29, 0.717) is 0 Å². The quantitative estimate of drug-likeness (QED) is 0.629. The molecule has 0 aliphatic carbocycles. The summed E-state index contributed by atoms with van der Waals surface area (Å²) in [6, 6.07) is 9.81. The van der Waals surface area contributed by atoms with E-state index in [2.05, 4.69) is 20.9 Å². The minimum absolute atomic E-state index is 0.351. The zero-order valence-corrected chi connectivity index (χ0v) is 12.8. The Bertz CT molecular complexity index is 499. The van der Waals surface area contributed by atoms with E-state index in [1.54, 1.807) is 0 Å². The topological polar surface area (TPSA) is 38.4 Å². The molecular formula is C16H19BrN2. The van der Waals surface area contributed by atoms with E-state index in [-0.39, 0.29) is 6.17 Å². The summed E-state index contributed by atoms with van der Waals surface area (Å²) in [5.41, 5.74) is 8.13. The predicted octanol–water partition coefficient (Wildman–Crippen LogP) is 4.52. The number of allylic oxidation sites excluding steroid dienone is 6. The molecular weight excluding hydrogens is 300 g/mol. The summed E-state index contributed by atoms with van der Waals surface area (Å²) in [5.74, 6) is 0. The lowest BCUT2D eigenvalue weighted by Crippen LogP contribution is -2.08. The highest BCUT2D eigenvalue weighted by atomic mass is 79.9. The van der Waals surface area contributed by atoms with Crippen LogP contribution in [0.3, 0.4) is 0 Å². The number of aliphatic imine (C=N–C) groups is 1. The summed E-state index contributed by atoms with van der Waals surface area (Å²) in [7, 11) is 0. The molecule has 2 N–H and O–H groups in total. The second-order valence-electron chi connectivity index (χ2n) is 3.93. The molecule has 0 aliphatic rings. The molecule has 0 aliphatic heterocycles. The first-order chi connectivity index (χ1) is 9.17. The van der Waals surface area contributed by atoms with E-state index in [9.17, 15) is 0 Å². The smallest absolute Gasteiger partial charge is 0.124 e. The third kappa shape index (κ3) is 5.81. The molecule has 0 saturated carbocycles. The van der Waals surface area contributed by atoms with Crippen molar-refractivity contribution < 1.29 is 0 Å². The second kappa shape index (κ2) is 8.62. The summed E-state index contributed by atoms with van der Waals surface area (Å²) in [4.78, 5) is 4.39. The first kappa shape index (κ1) is 15.6. The van der Waals surface area contributed by atoms with Crippen molar-refractivity contribution in [2.45, 2.75) is 20.0 Å². The van der Waals surface area contributed by atoms with Crippen LogP contribution in [0.25, 0.3) is 0 Å². The van der Waals surface area contributed by atoms with Crippen LogP contribution < -0.4 is 5.73 Å². The number of nitrogens with zero attached hydrogens (tertiary/aromatic N) is 1. The van der Waals surface area contributed by atoms with Crippen LogP contribution in [0.15, 0.2) is 71.3 Å². The van der Waals surface area contributed by atoms with Crippen molar-refractivity contribution in [2.75, 3.05) is 0 Å². The fourth-order valence-corrected chi connectivity index (χ4v) is 1.86. The van der Waals surface area contributed by atoms with Crippen LogP contribution >= 0.6 is 15.9 Å². The minimum atomic E-state index is -0.351. The highest BCUT2D eigenvalue weighted by Gasteiger charge is 2.02. The number of rotatable bonds is 5. The summed E-state index contributed by atoms with van der Waals surface area (Å²) in [5, 5.41) is 0. The number of halogens is 1. The van der Waals surface area contributed by atoms with Crippen molar-refractivity contribution in [2.24, 2.45) is 10.7 Å². The molecule has 0 radical (unpaired) electrons. The monoisotopic (exact) mass is 318 g/mol. The molecule has 1 atom stereocenters. The van der Waals surface area contributed by atoms with Crippen molar-refractivity contribution in [3.8, 4) is 0 Å². The second-order valence-corrected chi connectivity index (χ2v) is 4.74. The van der Waals surface area contributed by atoms with Crippen LogP contribution in [-0.2, 0) is 0 Å². The van der Waals surface area contributed by atoms with E-state index in [1.165, 1.54) is 0 Å². The largest absolute Gasteiger partial charge is 0.306 e. The van der Waals surface area contributed by atoms with Gasteiger partial charge in [-0.3, -0.25) is 4.99 Å². The molecule has 0 amide bonds. The molecule has 0 saturated heterocycles. The fraction of sp³-hybridized carbons (Fsp3) is 0.188. The van der Waals surface area contributed by atoms with Gasteiger partial charge in [-0.1, -0.05) is 54.6 Å². The maximum Gasteiger partial charge on any atom is 0.124 e. The Morgan fingerprint density at radius 2 is 1.84 bits per heavy atom. The minimum Gasteiger partial charge on any atom is -0.306 e. The SMILES string of the molecule is C\C=C/C(/C=C/C(Br)=N\C(N)c1ccccc1)=C\C.